The number of carbonyl (C=O) groups is 1. The van der Waals surface area contributed by atoms with Gasteiger partial charge in [-0.05, 0) is 0 Å². The second-order valence-corrected chi connectivity index (χ2v) is 1.15. The lowest BCUT2D eigenvalue weighted by molar-refractivity contribution is -0.116. The summed E-state index contributed by atoms with van der Waals surface area (Å²) in [6.07, 6.45) is 0. The summed E-state index contributed by atoms with van der Waals surface area (Å²) in [5.74, 6) is -0.619. The molecule has 1 amide bonds. The van der Waals surface area contributed by atoms with Crippen molar-refractivity contribution >= 4 is 5.91 Å². The van der Waals surface area contributed by atoms with Crippen molar-refractivity contribution in [1.29, 1.82) is 0 Å². The number of hydrogen-bond donors (Lipinski definition) is 2. The zero-order valence-corrected chi connectivity index (χ0v) is 4.60. The number of hydroxylamine groups is 1. The van der Waals surface area contributed by atoms with Gasteiger partial charge in [-0.1, -0.05) is 6.58 Å². The van der Waals surface area contributed by atoms with E-state index in [2.05, 4.69) is 16.9 Å². The van der Waals surface area contributed by atoms with Gasteiger partial charge in [0.05, 0.1) is 7.11 Å². The number of primary amides is 1. The molecule has 4 heteroatoms. The van der Waals surface area contributed by atoms with Crippen molar-refractivity contribution in [3.63, 3.8) is 0 Å². The number of carbonyl (C=O) groups excluding carboxylic acids is 1. The van der Waals surface area contributed by atoms with Crippen LogP contribution in [0.5, 0.6) is 0 Å². The van der Waals surface area contributed by atoms with E-state index in [0.717, 1.165) is 0 Å². The number of hydrogen-bond acceptors (Lipinski definition) is 3. The van der Waals surface area contributed by atoms with Crippen LogP contribution in [0.2, 0.25) is 0 Å². The van der Waals surface area contributed by atoms with Gasteiger partial charge in [0, 0.05) is 0 Å². The predicted molar refractivity (Wildman–Crippen MR) is 28.5 cm³/mol. The molecule has 4 nitrogen and oxygen atoms in total. The van der Waals surface area contributed by atoms with Crippen LogP contribution in [0.25, 0.3) is 0 Å². The predicted octanol–water partition coefficient (Wildman–Crippen LogP) is -0.864. The molecule has 0 spiro atoms. The van der Waals surface area contributed by atoms with E-state index in [1.54, 1.807) is 0 Å². The second-order valence-electron chi connectivity index (χ2n) is 1.15. The summed E-state index contributed by atoms with van der Waals surface area (Å²) in [5, 5.41) is 0. The van der Waals surface area contributed by atoms with Crippen LogP contribution in [0.4, 0.5) is 0 Å². The zero-order chi connectivity index (χ0) is 6.57. The van der Waals surface area contributed by atoms with Crippen LogP contribution in [0.3, 0.4) is 0 Å². The van der Waals surface area contributed by atoms with Gasteiger partial charge in [-0.2, -0.15) is 0 Å². The van der Waals surface area contributed by atoms with Crippen LogP contribution in [-0.2, 0) is 9.63 Å². The highest BCUT2D eigenvalue weighted by Gasteiger charge is 1.96. The Bertz CT molecular complexity index is 111. The van der Waals surface area contributed by atoms with Crippen LogP contribution in [0, 0.1) is 0 Å². The van der Waals surface area contributed by atoms with Crippen molar-refractivity contribution in [2.45, 2.75) is 0 Å². The topological polar surface area (TPSA) is 64.3 Å². The van der Waals surface area contributed by atoms with Crippen molar-refractivity contribution in [2.75, 3.05) is 7.11 Å². The molecule has 0 atom stereocenters. The fraction of sp³-hybridized carbons (Fsp3) is 0.250. The molecule has 0 fully saturated rings. The number of amides is 1. The normalized spacial score (nSPS) is 8.12. The third-order valence-electron chi connectivity index (χ3n) is 0.523. The first kappa shape index (κ1) is 6.97. The molecule has 0 aliphatic rings. The summed E-state index contributed by atoms with van der Waals surface area (Å²) < 4.78 is 0. The third-order valence-corrected chi connectivity index (χ3v) is 0.523. The molecule has 0 aromatic heterocycles. The first-order chi connectivity index (χ1) is 3.68. The Labute approximate surface area is 47.3 Å². The highest BCUT2D eigenvalue weighted by molar-refractivity contribution is 5.90. The molecule has 0 unspecified atom stereocenters. The summed E-state index contributed by atoms with van der Waals surface area (Å²) >= 11 is 0. The Hall–Kier alpha value is -1.03. The number of rotatable bonds is 3. The highest BCUT2D eigenvalue weighted by atomic mass is 16.6. The van der Waals surface area contributed by atoms with E-state index in [0.29, 0.717) is 0 Å². The molecule has 46 valence electrons. The van der Waals surface area contributed by atoms with Gasteiger partial charge in [0.25, 0.3) is 5.91 Å². The van der Waals surface area contributed by atoms with Crippen molar-refractivity contribution in [2.24, 2.45) is 5.73 Å². The SMILES string of the molecule is C=C(NOC)C(N)=O. The van der Waals surface area contributed by atoms with E-state index >= 15 is 0 Å². The molecule has 0 bridgehead atoms. The lowest BCUT2D eigenvalue weighted by atomic mass is 10.5. The molecular weight excluding hydrogens is 108 g/mol. The van der Waals surface area contributed by atoms with Gasteiger partial charge < -0.3 is 5.73 Å². The number of nitrogens with one attached hydrogen (secondary N) is 1. The van der Waals surface area contributed by atoms with Gasteiger partial charge in [-0.3, -0.25) is 15.1 Å². The van der Waals surface area contributed by atoms with Gasteiger partial charge in [0.1, 0.15) is 5.70 Å². The molecule has 0 saturated carbocycles. The third kappa shape index (κ3) is 2.20. The number of nitrogens with two attached hydrogens (primary N) is 1. The molecule has 0 rings (SSSR count). The zero-order valence-electron chi connectivity index (χ0n) is 4.60. The van der Waals surface area contributed by atoms with E-state index in [9.17, 15) is 4.79 Å². The molecule has 0 aromatic carbocycles. The fourth-order valence-electron chi connectivity index (χ4n) is 0.173. The Morgan fingerprint density at radius 1 is 1.88 bits per heavy atom. The molecular formula is C4H8N2O2. The van der Waals surface area contributed by atoms with Crippen LogP contribution in [0.1, 0.15) is 0 Å². The van der Waals surface area contributed by atoms with E-state index in [-0.39, 0.29) is 5.70 Å². The summed E-state index contributed by atoms with van der Waals surface area (Å²) in [4.78, 5) is 14.4. The maximum Gasteiger partial charge on any atom is 0.266 e. The first-order valence-corrected chi connectivity index (χ1v) is 1.96. The summed E-state index contributed by atoms with van der Waals surface area (Å²) in [7, 11) is 1.37. The fourth-order valence-corrected chi connectivity index (χ4v) is 0.173. The summed E-state index contributed by atoms with van der Waals surface area (Å²) in [5.41, 5.74) is 6.97. The van der Waals surface area contributed by atoms with Crippen LogP contribution in [0.15, 0.2) is 12.3 Å². The van der Waals surface area contributed by atoms with Crippen molar-refractivity contribution < 1.29 is 9.63 Å². The molecule has 0 heterocycles. The summed E-state index contributed by atoms with van der Waals surface area (Å²) in [6, 6.07) is 0. The van der Waals surface area contributed by atoms with Crippen molar-refractivity contribution in [1.82, 2.24) is 5.48 Å². The van der Waals surface area contributed by atoms with E-state index < -0.39 is 5.91 Å². The van der Waals surface area contributed by atoms with Crippen LogP contribution in [-0.4, -0.2) is 13.0 Å². The summed E-state index contributed by atoms with van der Waals surface area (Å²) in [6.45, 7) is 3.23. The standard InChI is InChI=1S/C4H8N2O2/c1-3(4(5)7)6-8-2/h6H,1H2,2H3,(H2,5,7). The molecule has 8 heavy (non-hydrogen) atoms. The largest absolute Gasteiger partial charge is 0.364 e. The van der Waals surface area contributed by atoms with Crippen molar-refractivity contribution in [3.8, 4) is 0 Å². The van der Waals surface area contributed by atoms with E-state index in [1.807, 2.05) is 0 Å². The monoisotopic (exact) mass is 116 g/mol. The average molecular weight is 116 g/mol. The maximum absolute atomic E-state index is 10.1. The Morgan fingerprint density at radius 2 is 2.38 bits per heavy atom. The second kappa shape index (κ2) is 3.04. The van der Waals surface area contributed by atoms with Crippen molar-refractivity contribution in [3.05, 3.63) is 12.3 Å². The average Bonchev–Trinajstić information content (AvgIpc) is 1.67. The van der Waals surface area contributed by atoms with Gasteiger partial charge in [0.2, 0.25) is 0 Å². The minimum atomic E-state index is -0.619. The molecule has 0 radical (unpaired) electrons. The minimum absolute atomic E-state index is 0.0486. The Kier molecular flexibility index (Phi) is 2.64. The quantitative estimate of drug-likeness (QED) is 0.372. The van der Waals surface area contributed by atoms with E-state index in [1.165, 1.54) is 7.11 Å². The van der Waals surface area contributed by atoms with Gasteiger partial charge in [-0.25, -0.2) is 0 Å². The van der Waals surface area contributed by atoms with E-state index in [4.69, 9.17) is 5.73 Å². The first-order valence-electron chi connectivity index (χ1n) is 1.96. The molecule has 0 aliphatic carbocycles. The smallest absolute Gasteiger partial charge is 0.266 e. The van der Waals surface area contributed by atoms with Gasteiger partial charge >= 0.3 is 0 Å². The minimum Gasteiger partial charge on any atom is -0.364 e. The Morgan fingerprint density at radius 3 is 2.50 bits per heavy atom. The lowest BCUT2D eigenvalue weighted by Crippen LogP contribution is -2.24. The van der Waals surface area contributed by atoms with Gasteiger partial charge in [-0.15, -0.1) is 0 Å². The van der Waals surface area contributed by atoms with Crippen LogP contribution < -0.4 is 11.2 Å². The lowest BCUT2D eigenvalue weighted by Gasteiger charge is -1.99. The van der Waals surface area contributed by atoms with Gasteiger partial charge in [0.15, 0.2) is 0 Å². The maximum atomic E-state index is 10.1. The van der Waals surface area contributed by atoms with Crippen LogP contribution >= 0.6 is 0 Å². The molecule has 0 aliphatic heterocycles. The Balaban J connectivity index is 3.49. The molecule has 0 aromatic rings. The molecule has 3 N–H and O–H groups in total. The molecule has 0 saturated heterocycles. The highest BCUT2D eigenvalue weighted by Crippen LogP contribution is 1.76.